The first-order valence-corrected chi connectivity index (χ1v) is 7.42. The Morgan fingerprint density at radius 3 is 2.83 bits per heavy atom. The summed E-state index contributed by atoms with van der Waals surface area (Å²) in [6.07, 6.45) is 0. The predicted octanol–water partition coefficient (Wildman–Crippen LogP) is 2.18. The van der Waals surface area contributed by atoms with Gasteiger partial charge in [0.25, 0.3) is 0 Å². The second-order valence-corrected chi connectivity index (χ2v) is 5.79. The average molecular weight is 269 g/mol. The van der Waals surface area contributed by atoms with Crippen molar-refractivity contribution in [3.63, 3.8) is 0 Å². The molecule has 0 radical (unpaired) electrons. The summed E-state index contributed by atoms with van der Waals surface area (Å²) in [5.74, 6) is 2.20. The minimum absolute atomic E-state index is 0.244. The molecular weight excluding hydrogens is 249 g/mol. The monoisotopic (exact) mass is 269 g/mol. The minimum Gasteiger partial charge on any atom is -0.397 e. The van der Waals surface area contributed by atoms with Crippen molar-refractivity contribution in [1.82, 2.24) is 4.90 Å². The van der Waals surface area contributed by atoms with Gasteiger partial charge in [-0.1, -0.05) is 0 Å². The molecule has 3 nitrogen and oxygen atoms in total. The fraction of sp³-hybridized carbons (Fsp3) is 0.538. The molecule has 1 aliphatic heterocycles. The number of hydrogen-bond acceptors (Lipinski definition) is 4. The van der Waals surface area contributed by atoms with Gasteiger partial charge in [-0.15, -0.1) is 0 Å². The fourth-order valence-corrected chi connectivity index (χ4v) is 3.00. The molecule has 3 N–H and O–H groups in total. The summed E-state index contributed by atoms with van der Waals surface area (Å²) in [6, 6.07) is 3.16. The van der Waals surface area contributed by atoms with Crippen LogP contribution in [0.15, 0.2) is 12.1 Å². The van der Waals surface area contributed by atoms with Crippen molar-refractivity contribution >= 4 is 23.1 Å². The van der Waals surface area contributed by atoms with Crippen LogP contribution in [0.4, 0.5) is 15.8 Å². The largest absolute Gasteiger partial charge is 0.397 e. The molecule has 1 aliphatic rings. The molecule has 1 aromatic carbocycles. The number of hydrogen-bond donors (Lipinski definition) is 2. The molecular formula is C13H20FN3S. The van der Waals surface area contributed by atoms with Gasteiger partial charge in [-0.05, 0) is 24.6 Å². The van der Waals surface area contributed by atoms with Crippen LogP contribution >= 0.6 is 11.8 Å². The number of nitrogens with one attached hydrogen (secondary N) is 1. The van der Waals surface area contributed by atoms with Gasteiger partial charge in [0.2, 0.25) is 0 Å². The van der Waals surface area contributed by atoms with Crippen molar-refractivity contribution in [3.8, 4) is 0 Å². The lowest BCUT2D eigenvalue weighted by molar-refractivity contribution is 0.314. The SMILES string of the molecule is Cc1cc(NCCN2CCSCC2)c(N)cc1F. The first kappa shape index (κ1) is 13.5. The van der Waals surface area contributed by atoms with E-state index < -0.39 is 0 Å². The van der Waals surface area contributed by atoms with Crippen LogP contribution in [0.1, 0.15) is 5.56 Å². The molecule has 18 heavy (non-hydrogen) atoms. The highest BCUT2D eigenvalue weighted by Crippen LogP contribution is 2.22. The van der Waals surface area contributed by atoms with Crippen molar-refractivity contribution in [2.24, 2.45) is 0 Å². The molecule has 0 aliphatic carbocycles. The highest BCUT2D eigenvalue weighted by molar-refractivity contribution is 7.99. The minimum atomic E-state index is -0.244. The van der Waals surface area contributed by atoms with Gasteiger partial charge in [-0.25, -0.2) is 4.39 Å². The number of nitrogen functional groups attached to an aromatic ring is 1. The topological polar surface area (TPSA) is 41.3 Å². The zero-order valence-electron chi connectivity index (χ0n) is 10.7. The van der Waals surface area contributed by atoms with Gasteiger partial charge in [0.05, 0.1) is 11.4 Å². The Labute approximate surface area is 112 Å². The third-order valence-electron chi connectivity index (χ3n) is 3.18. The molecule has 0 atom stereocenters. The van der Waals surface area contributed by atoms with Gasteiger partial charge in [-0.3, -0.25) is 4.90 Å². The lowest BCUT2D eigenvalue weighted by atomic mass is 10.2. The number of benzene rings is 1. The number of thioether (sulfide) groups is 1. The Bertz CT molecular complexity index is 405. The number of rotatable bonds is 4. The van der Waals surface area contributed by atoms with Crippen LogP contribution in [-0.4, -0.2) is 42.6 Å². The number of anilines is 2. The first-order chi connectivity index (χ1) is 8.66. The molecule has 1 heterocycles. The summed E-state index contributed by atoms with van der Waals surface area (Å²) in [5.41, 5.74) is 7.73. The van der Waals surface area contributed by atoms with E-state index in [9.17, 15) is 4.39 Å². The molecule has 0 aromatic heterocycles. The predicted molar refractivity (Wildman–Crippen MR) is 77.8 cm³/mol. The third-order valence-corrected chi connectivity index (χ3v) is 4.12. The average Bonchev–Trinajstić information content (AvgIpc) is 2.37. The standard InChI is InChI=1S/C13H20FN3S/c1-10-8-13(12(15)9-11(10)14)16-2-3-17-4-6-18-7-5-17/h8-9,16H,2-7,15H2,1H3. The van der Waals surface area contributed by atoms with E-state index in [4.69, 9.17) is 5.73 Å². The summed E-state index contributed by atoms with van der Waals surface area (Å²) in [5, 5.41) is 3.29. The Hall–Kier alpha value is -0.940. The second kappa shape index (κ2) is 6.29. The highest BCUT2D eigenvalue weighted by atomic mass is 32.2. The van der Waals surface area contributed by atoms with Crippen LogP contribution in [-0.2, 0) is 0 Å². The molecule has 1 fully saturated rings. The van der Waals surface area contributed by atoms with E-state index in [2.05, 4.69) is 10.2 Å². The van der Waals surface area contributed by atoms with Crippen LogP contribution in [0.5, 0.6) is 0 Å². The van der Waals surface area contributed by atoms with Crippen LogP contribution in [0.2, 0.25) is 0 Å². The van der Waals surface area contributed by atoms with Crippen molar-refractivity contribution in [2.75, 3.05) is 48.7 Å². The number of halogens is 1. The molecule has 1 aromatic rings. The molecule has 1 saturated heterocycles. The fourth-order valence-electron chi connectivity index (χ4n) is 2.02. The van der Waals surface area contributed by atoms with Crippen LogP contribution in [0.3, 0.4) is 0 Å². The summed E-state index contributed by atoms with van der Waals surface area (Å²) in [6.45, 7) is 5.92. The first-order valence-electron chi connectivity index (χ1n) is 6.26. The molecule has 2 rings (SSSR count). The number of nitrogens with zero attached hydrogens (tertiary/aromatic N) is 1. The van der Waals surface area contributed by atoms with Gasteiger partial charge in [0.15, 0.2) is 0 Å². The third kappa shape index (κ3) is 3.53. The molecule has 5 heteroatoms. The van der Waals surface area contributed by atoms with Crippen molar-refractivity contribution < 1.29 is 4.39 Å². The molecule has 0 unspecified atom stereocenters. The van der Waals surface area contributed by atoms with Gasteiger partial charge >= 0.3 is 0 Å². The zero-order valence-corrected chi connectivity index (χ0v) is 11.5. The maximum absolute atomic E-state index is 13.3. The van der Waals surface area contributed by atoms with E-state index in [1.54, 1.807) is 13.0 Å². The van der Waals surface area contributed by atoms with E-state index >= 15 is 0 Å². The quantitative estimate of drug-likeness (QED) is 0.822. The smallest absolute Gasteiger partial charge is 0.128 e. The van der Waals surface area contributed by atoms with Crippen molar-refractivity contribution in [1.29, 1.82) is 0 Å². The van der Waals surface area contributed by atoms with E-state index in [0.29, 0.717) is 11.3 Å². The van der Waals surface area contributed by atoms with Gasteiger partial charge in [0.1, 0.15) is 5.82 Å². The summed E-state index contributed by atoms with van der Waals surface area (Å²) < 4.78 is 13.3. The lowest BCUT2D eigenvalue weighted by Crippen LogP contribution is -2.36. The van der Waals surface area contributed by atoms with Crippen LogP contribution in [0, 0.1) is 12.7 Å². The van der Waals surface area contributed by atoms with Gasteiger partial charge in [0, 0.05) is 37.7 Å². The Kier molecular flexibility index (Phi) is 4.72. The summed E-state index contributed by atoms with van der Waals surface area (Å²) in [7, 11) is 0. The number of aryl methyl sites for hydroxylation is 1. The zero-order chi connectivity index (χ0) is 13.0. The molecule has 100 valence electrons. The van der Waals surface area contributed by atoms with Gasteiger partial charge in [-0.2, -0.15) is 11.8 Å². The summed E-state index contributed by atoms with van der Waals surface area (Å²) in [4.78, 5) is 2.44. The molecule has 0 spiro atoms. The Morgan fingerprint density at radius 2 is 2.11 bits per heavy atom. The van der Waals surface area contributed by atoms with Crippen LogP contribution in [0.25, 0.3) is 0 Å². The molecule has 0 saturated carbocycles. The normalized spacial score (nSPS) is 16.8. The van der Waals surface area contributed by atoms with E-state index in [-0.39, 0.29) is 5.82 Å². The van der Waals surface area contributed by atoms with Crippen molar-refractivity contribution in [3.05, 3.63) is 23.5 Å². The molecule has 0 bridgehead atoms. The Morgan fingerprint density at radius 1 is 1.39 bits per heavy atom. The highest BCUT2D eigenvalue weighted by Gasteiger charge is 2.10. The van der Waals surface area contributed by atoms with E-state index in [1.807, 2.05) is 11.8 Å². The van der Waals surface area contributed by atoms with Crippen molar-refractivity contribution in [2.45, 2.75) is 6.92 Å². The number of nitrogens with two attached hydrogens (primary N) is 1. The molecule has 0 amide bonds. The summed E-state index contributed by atoms with van der Waals surface area (Å²) >= 11 is 2.01. The Balaban J connectivity index is 1.84. The van der Waals surface area contributed by atoms with Gasteiger partial charge < -0.3 is 11.1 Å². The maximum atomic E-state index is 13.3. The van der Waals surface area contributed by atoms with Crippen LogP contribution < -0.4 is 11.1 Å². The second-order valence-electron chi connectivity index (χ2n) is 4.57. The lowest BCUT2D eigenvalue weighted by Gasteiger charge is -2.26. The maximum Gasteiger partial charge on any atom is 0.128 e. The van der Waals surface area contributed by atoms with E-state index in [0.717, 1.165) is 31.9 Å². The van der Waals surface area contributed by atoms with E-state index in [1.165, 1.54) is 17.6 Å².